The largest absolute Gasteiger partial charge is 0.491 e. The maximum Gasteiger partial charge on any atom is 0.170 e. The summed E-state index contributed by atoms with van der Waals surface area (Å²) in [5, 5.41) is 11.4. The van der Waals surface area contributed by atoms with E-state index >= 15 is 0 Å². The van der Waals surface area contributed by atoms with Gasteiger partial charge in [0.05, 0.1) is 18.9 Å². The normalized spacial score (nSPS) is 21.6. The minimum Gasteiger partial charge on any atom is -0.491 e. The van der Waals surface area contributed by atoms with Crippen LogP contribution in [-0.2, 0) is 4.74 Å². The Kier molecular flexibility index (Phi) is 1.73. The summed E-state index contributed by atoms with van der Waals surface area (Å²) in [6, 6.07) is -1.98. The van der Waals surface area contributed by atoms with Crippen molar-refractivity contribution < 1.29 is 27.0 Å². The summed E-state index contributed by atoms with van der Waals surface area (Å²) in [4.78, 5) is 0. The number of oxime groups is 1. The first-order valence-corrected chi connectivity index (χ1v) is 4.06. The molecule has 0 aromatic heterocycles. The van der Waals surface area contributed by atoms with E-state index in [1.54, 1.807) is 0 Å². The number of nitrogens with two attached hydrogens (primary N) is 1. The fourth-order valence-corrected chi connectivity index (χ4v) is 0.930. The van der Waals surface area contributed by atoms with Crippen molar-refractivity contribution in [2.24, 2.45) is 10.9 Å². The zero-order valence-corrected chi connectivity index (χ0v) is 8.37. The van der Waals surface area contributed by atoms with Crippen molar-refractivity contribution in [2.45, 2.75) is 6.92 Å². The van der Waals surface area contributed by atoms with Crippen LogP contribution in [0.3, 0.4) is 0 Å². The molecule has 0 aliphatic rings. The highest BCUT2D eigenvalue weighted by Crippen LogP contribution is 2.17. The van der Waals surface area contributed by atoms with Crippen molar-refractivity contribution in [1.82, 2.24) is 0 Å². The summed E-state index contributed by atoms with van der Waals surface area (Å²) >= 11 is 0. The monoisotopic (exact) mass is 233 g/mol. The molecule has 0 spiro atoms. The standard InChI is InChI=1S/C11H16N2O3/c1-8-7-9(16-6-5-15-2)3-4-10(8)11(12)13-14/h3-4,7,14H,5-6H2,1-2H3,(H2,12,13)/i2D2,3D,4D,5D2,6D2,7D. The van der Waals surface area contributed by atoms with Gasteiger partial charge in [-0.25, -0.2) is 0 Å². The smallest absolute Gasteiger partial charge is 0.170 e. The van der Waals surface area contributed by atoms with Crippen LogP contribution in [0.4, 0.5) is 0 Å². The zero-order valence-electron chi connectivity index (χ0n) is 17.4. The second kappa shape index (κ2) is 5.97. The van der Waals surface area contributed by atoms with Gasteiger partial charge in [-0.3, -0.25) is 0 Å². The predicted molar refractivity (Wildman–Crippen MR) is 61.1 cm³/mol. The Morgan fingerprint density at radius 1 is 1.69 bits per heavy atom. The van der Waals surface area contributed by atoms with Crippen molar-refractivity contribution in [3.05, 3.63) is 29.3 Å². The van der Waals surface area contributed by atoms with Crippen LogP contribution >= 0.6 is 0 Å². The third kappa shape index (κ3) is 3.13. The second-order valence-electron chi connectivity index (χ2n) is 2.61. The van der Waals surface area contributed by atoms with Gasteiger partial charge in [0.25, 0.3) is 0 Å². The topological polar surface area (TPSA) is 77.1 Å². The molecule has 0 atom stereocenters. The van der Waals surface area contributed by atoms with Gasteiger partial charge in [0.1, 0.15) is 12.3 Å². The highest BCUT2D eigenvalue weighted by molar-refractivity contribution is 5.98. The molecule has 3 N–H and O–H groups in total. The molecule has 0 saturated carbocycles. The lowest BCUT2D eigenvalue weighted by Crippen LogP contribution is -2.14. The first-order valence-electron chi connectivity index (χ1n) is 8.72. The van der Waals surface area contributed by atoms with Gasteiger partial charge in [0, 0.05) is 12.6 Å². The van der Waals surface area contributed by atoms with E-state index in [0.717, 1.165) is 0 Å². The lowest BCUT2D eigenvalue weighted by Gasteiger charge is -2.08. The maximum atomic E-state index is 8.73. The van der Waals surface area contributed by atoms with E-state index in [2.05, 4.69) is 9.89 Å². The third-order valence-electron chi connectivity index (χ3n) is 1.59. The maximum absolute atomic E-state index is 8.73. The number of hydrogen-bond donors (Lipinski definition) is 2. The van der Waals surface area contributed by atoms with E-state index in [1.807, 2.05) is 0 Å². The van der Waals surface area contributed by atoms with E-state index in [-0.39, 0.29) is 11.1 Å². The van der Waals surface area contributed by atoms with Crippen LogP contribution in [0.25, 0.3) is 0 Å². The molecule has 1 aromatic rings. The molecule has 1 rings (SSSR count). The van der Waals surface area contributed by atoms with Crippen molar-refractivity contribution in [2.75, 3.05) is 20.2 Å². The number of ether oxygens (including phenoxy) is 2. The SMILES string of the molecule is [2H]c1c([2H])c(C(N)=NO)c(C)c([2H])c1OC([2H])([2H])C([2H])([2H])OC([2H])[2H]. The van der Waals surface area contributed by atoms with Crippen LogP contribution in [0.5, 0.6) is 5.75 Å². The van der Waals surface area contributed by atoms with E-state index in [1.165, 1.54) is 6.92 Å². The van der Waals surface area contributed by atoms with Crippen LogP contribution in [-0.4, -0.2) is 31.2 Å². The van der Waals surface area contributed by atoms with E-state index in [4.69, 9.17) is 28.0 Å². The summed E-state index contributed by atoms with van der Waals surface area (Å²) in [6.45, 7) is -5.24. The Morgan fingerprint density at radius 3 is 3.19 bits per heavy atom. The van der Waals surface area contributed by atoms with Crippen molar-refractivity contribution in [3.8, 4) is 5.75 Å². The molecule has 5 nitrogen and oxygen atoms in total. The highest BCUT2D eigenvalue weighted by atomic mass is 16.5. The Bertz CT molecular complexity index is 665. The minimum absolute atomic E-state index is 0.0533. The fourth-order valence-electron chi connectivity index (χ4n) is 0.930. The average molecular weight is 233 g/mol. The van der Waals surface area contributed by atoms with Gasteiger partial charge in [0.15, 0.2) is 5.84 Å². The Hall–Kier alpha value is -1.75. The Balaban J connectivity index is 3.46. The number of rotatable bonds is 5. The van der Waals surface area contributed by atoms with Gasteiger partial charge in [0.2, 0.25) is 0 Å². The van der Waals surface area contributed by atoms with Gasteiger partial charge in [-0.1, -0.05) is 5.16 Å². The molecule has 0 bridgehead atoms. The molecule has 16 heavy (non-hydrogen) atoms. The molecular weight excluding hydrogens is 208 g/mol. The summed E-state index contributed by atoms with van der Waals surface area (Å²) in [7, 11) is -2.14. The second-order valence-corrected chi connectivity index (χ2v) is 2.61. The van der Waals surface area contributed by atoms with Gasteiger partial charge in [-0.15, -0.1) is 0 Å². The predicted octanol–water partition coefficient (Wildman–Crippen LogP) is 1.11. The van der Waals surface area contributed by atoms with Crippen LogP contribution in [0.15, 0.2) is 23.3 Å². The number of benzene rings is 1. The highest BCUT2D eigenvalue weighted by Gasteiger charge is 2.04. The van der Waals surface area contributed by atoms with Gasteiger partial charge < -0.3 is 20.4 Å². The third-order valence-corrected chi connectivity index (χ3v) is 1.59. The molecule has 0 aliphatic carbocycles. The molecule has 0 saturated heterocycles. The Morgan fingerprint density at radius 2 is 2.50 bits per heavy atom. The van der Waals surface area contributed by atoms with Crippen molar-refractivity contribution >= 4 is 5.84 Å². The first-order chi connectivity index (χ1) is 11.3. The summed E-state index contributed by atoms with van der Waals surface area (Å²) in [5.74, 6) is -1.29. The van der Waals surface area contributed by atoms with Crippen LogP contribution in [0.2, 0.25) is 0 Å². The molecule has 0 fully saturated rings. The lowest BCUT2D eigenvalue weighted by molar-refractivity contribution is 0.146. The molecule has 88 valence electrons. The molecule has 0 radical (unpaired) electrons. The van der Waals surface area contributed by atoms with E-state index in [9.17, 15) is 0 Å². The van der Waals surface area contributed by atoms with Crippen LogP contribution < -0.4 is 10.5 Å². The van der Waals surface area contributed by atoms with Gasteiger partial charge >= 0.3 is 0 Å². The lowest BCUT2D eigenvalue weighted by atomic mass is 10.1. The van der Waals surface area contributed by atoms with Gasteiger partial charge in [-0.05, 0) is 30.6 Å². The first kappa shape index (κ1) is 4.63. The molecule has 0 aliphatic heterocycles. The van der Waals surface area contributed by atoms with Gasteiger partial charge in [-0.2, -0.15) is 0 Å². The number of nitrogens with zero attached hydrogens (tertiary/aromatic N) is 1. The summed E-state index contributed by atoms with van der Waals surface area (Å²) in [5.41, 5.74) is 5.14. The van der Waals surface area contributed by atoms with E-state index in [0.29, 0.717) is 0 Å². The van der Waals surface area contributed by atoms with E-state index < -0.39 is 49.9 Å². The van der Waals surface area contributed by atoms with Crippen LogP contribution in [0.1, 0.15) is 23.5 Å². The number of hydrogen-bond acceptors (Lipinski definition) is 4. The molecule has 5 heteroatoms. The van der Waals surface area contributed by atoms with Crippen molar-refractivity contribution in [1.29, 1.82) is 0 Å². The summed E-state index contributed by atoms with van der Waals surface area (Å²) in [6.07, 6.45) is 0. The quantitative estimate of drug-likeness (QED) is 0.346. The van der Waals surface area contributed by atoms with Crippen molar-refractivity contribution in [3.63, 3.8) is 0 Å². The molecule has 0 heterocycles. The van der Waals surface area contributed by atoms with Crippen LogP contribution in [0, 0.1) is 6.92 Å². The molecular formula is C11H16N2O3. The molecule has 0 unspecified atom stereocenters. The number of methoxy groups -OCH3 is 1. The minimum atomic E-state index is -3.28. The fraction of sp³-hybridized carbons (Fsp3) is 0.364. The number of amidine groups is 1. The molecule has 1 aromatic carbocycles. The Labute approximate surface area is 107 Å². The molecule has 0 amide bonds. The average Bonchev–Trinajstić information content (AvgIpc) is 2.48. The summed E-state index contributed by atoms with van der Waals surface area (Å²) < 4.78 is 76.6. The zero-order chi connectivity index (χ0) is 19.7.